The first-order valence-corrected chi connectivity index (χ1v) is 8.46. The zero-order chi connectivity index (χ0) is 13.9. The summed E-state index contributed by atoms with van der Waals surface area (Å²) in [5, 5.41) is 5.10. The van der Waals surface area contributed by atoms with E-state index in [-0.39, 0.29) is 5.91 Å². The second-order valence-electron chi connectivity index (χ2n) is 4.82. The van der Waals surface area contributed by atoms with Crippen LogP contribution in [0.3, 0.4) is 0 Å². The average Bonchev–Trinajstić information content (AvgIpc) is 3.07. The van der Waals surface area contributed by atoms with Crippen molar-refractivity contribution in [2.45, 2.75) is 19.3 Å². The predicted molar refractivity (Wildman–Crippen MR) is 83.9 cm³/mol. The molecule has 0 bridgehead atoms. The van der Waals surface area contributed by atoms with Gasteiger partial charge in [0.2, 0.25) is 0 Å². The lowest BCUT2D eigenvalue weighted by Gasteiger charge is -2.10. The van der Waals surface area contributed by atoms with Gasteiger partial charge in [-0.3, -0.25) is 4.79 Å². The molecule has 0 fully saturated rings. The summed E-state index contributed by atoms with van der Waals surface area (Å²) in [5.74, 6) is 0.0392. The molecular formula is C15H17NO2S2. The third-order valence-electron chi connectivity index (χ3n) is 3.46. The zero-order valence-electron chi connectivity index (χ0n) is 11.4. The van der Waals surface area contributed by atoms with Gasteiger partial charge in [0.15, 0.2) is 0 Å². The quantitative estimate of drug-likeness (QED) is 0.860. The van der Waals surface area contributed by atoms with Crippen molar-refractivity contribution < 1.29 is 9.53 Å². The number of fused-ring (bicyclic) bond motifs is 3. The zero-order valence-corrected chi connectivity index (χ0v) is 13.0. The van der Waals surface area contributed by atoms with Crippen molar-refractivity contribution in [2.24, 2.45) is 0 Å². The lowest BCUT2D eigenvalue weighted by atomic mass is 9.98. The SMILES string of the molecule is COCCCNC(=O)c1cc2c(s1)-c1ccsc1CC2. The van der Waals surface area contributed by atoms with Gasteiger partial charge in [-0.25, -0.2) is 0 Å². The van der Waals surface area contributed by atoms with Crippen molar-refractivity contribution in [2.75, 3.05) is 20.3 Å². The summed E-state index contributed by atoms with van der Waals surface area (Å²) >= 11 is 3.44. The van der Waals surface area contributed by atoms with Crippen molar-refractivity contribution in [1.29, 1.82) is 0 Å². The molecule has 0 saturated carbocycles. The minimum Gasteiger partial charge on any atom is -0.385 e. The predicted octanol–water partition coefficient (Wildman–Crippen LogP) is 3.34. The molecule has 2 aromatic rings. The summed E-state index contributed by atoms with van der Waals surface area (Å²) < 4.78 is 4.98. The maximum atomic E-state index is 12.1. The van der Waals surface area contributed by atoms with E-state index in [1.54, 1.807) is 18.4 Å². The van der Waals surface area contributed by atoms with Crippen LogP contribution in [0.2, 0.25) is 0 Å². The topological polar surface area (TPSA) is 38.3 Å². The number of ether oxygens (including phenoxy) is 1. The fourth-order valence-corrected chi connectivity index (χ4v) is 4.57. The van der Waals surface area contributed by atoms with E-state index in [0.29, 0.717) is 13.2 Å². The van der Waals surface area contributed by atoms with Crippen molar-refractivity contribution >= 4 is 28.6 Å². The molecule has 1 aliphatic rings. The first-order valence-electron chi connectivity index (χ1n) is 6.76. The first-order chi connectivity index (χ1) is 9.79. The van der Waals surface area contributed by atoms with Gasteiger partial charge < -0.3 is 10.1 Å². The number of amides is 1. The van der Waals surface area contributed by atoms with E-state index in [9.17, 15) is 4.79 Å². The van der Waals surface area contributed by atoms with Gasteiger partial charge in [-0.1, -0.05) is 0 Å². The van der Waals surface area contributed by atoms with Crippen molar-refractivity contribution in [3.63, 3.8) is 0 Å². The summed E-state index contributed by atoms with van der Waals surface area (Å²) in [5.41, 5.74) is 2.66. The monoisotopic (exact) mass is 307 g/mol. The summed E-state index contributed by atoms with van der Waals surface area (Å²) in [7, 11) is 1.67. The van der Waals surface area contributed by atoms with E-state index in [1.165, 1.54) is 20.9 Å². The summed E-state index contributed by atoms with van der Waals surface area (Å²) in [6, 6.07) is 4.24. The number of hydrogen-bond donors (Lipinski definition) is 1. The Morgan fingerprint density at radius 2 is 2.35 bits per heavy atom. The Morgan fingerprint density at radius 1 is 1.45 bits per heavy atom. The van der Waals surface area contributed by atoms with Gasteiger partial charge in [-0.2, -0.15) is 0 Å². The third kappa shape index (κ3) is 2.66. The van der Waals surface area contributed by atoms with Crippen LogP contribution in [0.1, 0.15) is 26.5 Å². The van der Waals surface area contributed by atoms with Gasteiger partial charge in [-0.15, -0.1) is 22.7 Å². The Balaban J connectivity index is 1.73. The molecule has 0 saturated heterocycles. The molecule has 1 amide bonds. The van der Waals surface area contributed by atoms with Crippen LogP contribution in [0.5, 0.6) is 0 Å². The van der Waals surface area contributed by atoms with E-state index in [2.05, 4.69) is 22.8 Å². The highest BCUT2D eigenvalue weighted by molar-refractivity contribution is 7.18. The van der Waals surface area contributed by atoms with E-state index in [0.717, 1.165) is 24.1 Å². The summed E-state index contributed by atoms with van der Waals surface area (Å²) in [4.78, 5) is 15.7. The number of aryl methyl sites for hydroxylation is 2. The van der Waals surface area contributed by atoms with Crippen LogP contribution in [0.25, 0.3) is 10.4 Å². The molecule has 0 aromatic carbocycles. The minimum atomic E-state index is 0.0392. The smallest absolute Gasteiger partial charge is 0.261 e. The van der Waals surface area contributed by atoms with Crippen LogP contribution in [-0.4, -0.2) is 26.2 Å². The number of carbonyl (C=O) groups is 1. The largest absolute Gasteiger partial charge is 0.385 e. The molecule has 0 unspecified atom stereocenters. The molecule has 1 aliphatic carbocycles. The maximum Gasteiger partial charge on any atom is 0.261 e. The van der Waals surface area contributed by atoms with Gasteiger partial charge in [0.05, 0.1) is 4.88 Å². The van der Waals surface area contributed by atoms with Gasteiger partial charge in [0.25, 0.3) is 5.91 Å². The fourth-order valence-electron chi connectivity index (χ4n) is 2.44. The van der Waals surface area contributed by atoms with Gasteiger partial charge in [-0.05, 0) is 42.3 Å². The summed E-state index contributed by atoms with van der Waals surface area (Å²) in [6.45, 7) is 1.35. The van der Waals surface area contributed by atoms with Gasteiger partial charge >= 0.3 is 0 Å². The van der Waals surface area contributed by atoms with Gasteiger partial charge in [0, 0.05) is 35.6 Å². The Morgan fingerprint density at radius 3 is 3.20 bits per heavy atom. The van der Waals surface area contributed by atoms with E-state index < -0.39 is 0 Å². The Labute approximate surface area is 126 Å². The molecule has 0 atom stereocenters. The Kier molecular flexibility index (Phi) is 4.19. The maximum absolute atomic E-state index is 12.1. The molecule has 20 heavy (non-hydrogen) atoms. The molecular weight excluding hydrogens is 290 g/mol. The van der Waals surface area contributed by atoms with E-state index >= 15 is 0 Å². The second kappa shape index (κ2) is 6.08. The lowest BCUT2D eigenvalue weighted by molar-refractivity contribution is 0.0952. The number of carbonyl (C=O) groups excluding carboxylic acids is 1. The molecule has 5 heteroatoms. The van der Waals surface area contributed by atoms with Crippen LogP contribution >= 0.6 is 22.7 Å². The first kappa shape index (κ1) is 13.8. The minimum absolute atomic E-state index is 0.0392. The fraction of sp³-hybridized carbons (Fsp3) is 0.400. The molecule has 3 nitrogen and oxygen atoms in total. The highest BCUT2D eigenvalue weighted by atomic mass is 32.1. The van der Waals surface area contributed by atoms with Crippen LogP contribution in [-0.2, 0) is 17.6 Å². The number of thiophene rings is 2. The van der Waals surface area contributed by atoms with Crippen molar-refractivity contribution in [1.82, 2.24) is 5.32 Å². The molecule has 0 aliphatic heterocycles. The molecule has 2 aromatic heterocycles. The summed E-state index contributed by atoms with van der Waals surface area (Å²) in [6.07, 6.45) is 3.00. The van der Waals surface area contributed by atoms with Crippen LogP contribution in [0.4, 0.5) is 0 Å². The number of rotatable bonds is 5. The number of hydrogen-bond acceptors (Lipinski definition) is 4. The molecule has 0 radical (unpaired) electrons. The van der Waals surface area contributed by atoms with Crippen LogP contribution in [0.15, 0.2) is 17.5 Å². The molecule has 106 valence electrons. The van der Waals surface area contributed by atoms with Crippen LogP contribution < -0.4 is 5.32 Å². The Hall–Kier alpha value is -1.17. The molecule has 0 spiro atoms. The highest BCUT2D eigenvalue weighted by Crippen LogP contribution is 2.41. The normalized spacial score (nSPS) is 12.8. The lowest BCUT2D eigenvalue weighted by Crippen LogP contribution is -2.24. The van der Waals surface area contributed by atoms with E-state index in [4.69, 9.17) is 4.74 Å². The second-order valence-corrected chi connectivity index (χ2v) is 6.88. The third-order valence-corrected chi connectivity index (χ3v) is 5.65. The average molecular weight is 307 g/mol. The highest BCUT2D eigenvalue weighted by Gasteiger charge is 2.22. The van der Waals surface area contributed by atoms with Crippen molar-refractivity contribution in [3.8, 4) is 10.4 Å². The molecule has 1 N–H and O–H groups in total. The van der Waals surface area contributed by atoms with Crippen molar-refractivity contribution in [3.05, 3.63) is 32.8 Å². The van der Waals surface area contributed by atoms with E-state index in [1.807, 2.05) is 11.3 Å². The Bertz CT molecular complexity index is 615. The number of nitrogens with one attached hydrogen (secondary N) is 1. The molecule has 2 heterocycles. The van der Waals surface area contributed by atoms with Gasteiger partial charge in [0.1, 0.15) is 0 Å². The van der Waals surface area contributed by atoms with Crippen LogP contribution in [0, 0.1) is 0 Å². The number of methoxy groups -OCH3 is 1. The standard InChI is InChI=1S/C15H17NO2S2/c1-18-7-2-6-16-15(17)13-9-10-3-4-12-11(5-8-19-12)14(10)20-13/h5,8-9H,2-4,6-7H2,1H3,(H,16,17). The molecule has 3 rings (SSSR count).